The summed E-state index contributed by atoms with van der Waals surface area (Å²) in [6.45, 7) is 0.0118. The van der Waals surface area contributed by atoms with Gasteiger partial charge in [0.1, 0.15) is 0 Å². The van der Waals surface area contributed by atoms with Crippen molar-refractivity contribution in [1.82, 2.24) is 4.90 Å². The fraction of sp³-hybridized carbons (Fsp3) is 0.200. The largest absolute Gasteiger partial charge is 0.336 e. The van der Waals surface area contributed by atoms with Crippen LogP contribution in [0.15, 0.2) is 89.8 Å². The molecule has 0 saturated heterocycles. The summed E-state index contributed by atoms with van der Waals surface area (Å²) < 4.78 is 0. The lowest BCUT2D eigenvalue weighted by atomic mass is 9.88. The van der Waals surface area contributed by atoms with Gasteiger partial charge in [-0.15, -0.1) is 11.8 Å². The zero-order valence-electron chi connectivity index (χ0n) is 17.2. The second-order valence-electron chi connectivity index (χ2n) is 7.08. The number of rotatable bonds is 8. The van der Waals surface area contributed by atoms with Crippen LogP contribution in [0.5, 0.6) is 0 Å². The van der Waals surface area contributed by atoms with Gasteiger partial charge in [-0.05, 0) is 29.5 Å². The molecule has 2 amide bonds. The maximum absolute atomic E-state index is 13.0. The molecule has 0 aliphatic heterocycles. The molecule has 0 heterocycles. The van der Waals surface area contributed by atoms with E-state index in [0.717, 1.165) is 21.7 Å². The van der Waals surface area contributed by atoms with Crippen LogP contribution in [0.2, 0.25) is 0 Å². The Labute approximate surface area is 182 Å². The van der Waals surface area contributed by atoms with Gasteiger partial charge in [0.2, 0.25) is 11.8 Å². The Morgan fingerprint density at radius 2 is 1.40 bits per heavy atom. The molecule has 30 heavy (non-hydrogen) atoms. The second-order valence-corrected chi connectivity index (χ2v) is 7.92. The number of carbonyl (C=O) groups excluding carboxylic acids is 2. The number of carbonyl (C=O) groups is 2. The maximum Gasteiger partial charge on any atom is 0.244 e. The van der Waals surface area contributed by atoms with Gasteiger partial charge in [0, 0.05) is 24.3 Å². The standard InChI is InChI=1S/C25H26N2O2S/c1-27(18-24(28)26-22-15-9-10-16-23(22)30-2)25(29)17-21(19-11-5-3-6-12-19)20-13-7-4-8-14-20/h3-16,21H,17-18H2,1-2H3,(H,26,28). The van der Waals surface area contributed by atoms with Crippen molar-refractivity contribution >= 4 is 29.3 Å². The number of thioether (sulfide) groups is 1. The highest BCUT2D eigenvalue weighted by atomic mass is 32.2. The summed E-state index contributed by atoms with van der Waals surface area (Å²) in [6.07, 6.45) is 2.27. The minimum absolute atomic E-state index is 0.0118. The van der Waals surface area contributed by atoms with Crippen molar-refractivity contribution in [2.45, 2.75) is 17.2 Å². The van der Waals surface area contributed by atoms with Gasteiger partial charge in [-0.1, -0.05) is 72.8 Å². The molecule has 0 aliphatic carbocycles. The topological polar surface area (TPSA) is 49.4 Å². The first-order valence-corrected chi connectivity index (χ1v) is 11.1. The lowest BCUT2D eigenvalue weighted by molar-refractivity contribution is -0.133. The van der Waals surface area contributed by atoms with E-state index in [1.54, 1.807) is 18.8 Å². The molecule has 0 radical (unpaired) electrons. The molecule has 3 aromatic carbocycles. The Morgan fingerprint density at radius 3 is 1.97 bits per heavy atom. The van der Waals surface area contributed by atoms with Crippen molar-refractivity contribution in [2.75, 3.05) is 25.2 Å². The first-order valence-electron chi connectivity index (χ1n) is 9.85. The van der Waals surface area contributed by atoms with Crippen LogP contribution in [0.3, 0.4) is 0 Å². The highest BCUT2D eigenvalue weighted by Gasteiger charge is 2.21. The molecule has 0 bridgehead atoms. The average molecular weight is 419 g/mol. The molecule has 0 spiro atoms. The van der Waals surface area contributed by atoms with E-state index < -0.39 is 0 Å². The number of nitrogens with zero attached hydrogens (tertiary/aromatic N) is 1. The molecular formula is C25H26N2O2S. The van der Waals surface area contributed by atoms with Crippen LogP contribution in [0.25, 0.3) is 0 Å². The Hall–Kier alpha value is -3.05. The lowest BCUT2D eigenvalue weighted by Gasteiger charge is -2.22. The molecule has 0 aromatic heterocycles. The van der Waals surface area contributed by atoms with Crippen LogP contribution in [0.4, 0.5) is 5.69 Å². The molecule has 1 N–H and O–H groups in total. The molecule has 0 atom stereocenters. The van der Waals surface area contributed by atoms with Gasteiger partial charge in [0.05, 0.1) is 12.2 Å². The highest BCUT2D eigenvalue weighted by Crippen LogP contribution is 2.28. The number of hydrogen-bond acceptors (Lipinski definition) is 3. The van der Waals surface area contributed by atoms with Crippen LogP contribution in [-0.2, 0) is 9.59 Å². The number of likely N-dealkylation sites (N-methyl/N-ethyl adjacent to an activating group) is 1. The number of hydrogen-bond donors (Lipinski definition) is 1. The third kappa shape index (κ3) is 5.74. The Bertz CT molecular complexity index is 937. The summed E-state index contributed by atoms with van der Waals surface area (Å²) in [6, 6.07) is 27.7. The molecule has 0 saturated carbocycles. The number of anilines is 1. The van der Waals surface area contributed by atoms with Crippen LogP contribution in [-0.4, -0.2) is 36.6 Å². The molecule has 154 valence electrons. The summed E-state index contributed by atoms with van der Waals surface area (Å²) in [5.74, 6) is -0.327. The van der Waals surface area contributed by atoms with E-state index in [-0.39, 0.29) is 24.3 Å². The Balaban J connectivity index is 1.67. The van der Waals surface area contributed by atoms with E-state index in [4.69, 9.17) is 0 Å². The summed E-state index contributed by atoms with van der Waals surface area (Å²) in [7, 11) is 1.68. The monoisotopic (exact) mass is 418 g/mol. The smallest absolute Gasteiger partial charge is 0.244 e. The minimum Gasteiger partial charge on any atom is -0.336 e. The average Bonchev–Trinajstić information content (AvgIpc) is 2.78. The molecule has 0 unspecified atom stereocenters. The Kier molecular flexibility index (Phi) is 7.69. The van der Waals surface area contributed by atoms with Gasteiger partial charge >= 0.3 is 0 Å². The van der Waals surface area contributed by atoms with Crippen molar-refractivity contribution in [3.8, 4) is 0 Å². The zero-order valence-corrected chi connectivity index (χ0v) is 18.1. The lowest BCUT2D eigenvalue weighted by Crippen LogP contribution is -2.35. The van der Waals surface area contributed by atoms with Crippen molar-refractivity contribution in [3.05, 3.63) is 96.1 Å². The number of para-hydroxylation sites is 1. The molecule has 3 rings (SSSR count). The van der Waals surface area contributed by atoms with Crippen molar-refractivity contribution in [1.29, 1.82) is 0 Å². The van der Waals surface area contributed by atoms with Crippen LogP contribution < -0.4 is 5.32 Å². The van der Waals surface area contributed by atoms with Crippen molar-refractivity contribution < 1.29 is 9.59 Å². The quantitative estimate of drug-likeness (QED) is 0.522. The van der Waals surface area contributed by atoms with Crippen LogP contribution in [0.1, 0.15) is 23.5 Å². The molecule has 5 heteroatoms. The van der Waals surface area contributed by atoms with E-state index >= 15 is 0 Å². The number of amides is 2. The van der Waals surface area contributed by atoms with Crippen molar-refractivity contribution in [3.63, 3.8) is 0 Å². The van der Waals surface area contributed by atoms with Crippen molar-refractivity contribution in [2.24, 2.45) is 0 Å². The summed E-state index contributed by atoms with van der Waals surface area (Å²) in [5.41, 5.74) is 2.94. The molecule has 0 aliphatic rings. The summed E-state index contributed by atoms with van der Waals surface area (Å²) in [5, 5.41) is 2.91. The van der Waals surface area contributed by atoms with Gasteiger partial charge in [-0.25, -0.2) is 0 Å². The van der Waals surface area contributed by atoms with Gasteiger partial charge in [0.15, 0.2) is 0 Å². The zero-order chi connectivity index (χ0) is 21.3. The van der Waals surface area contributed by atoms with E-state index in [9.17, 15) is 9.59 Å². The van der Waals surface area contributed by atoms with E-state index in [0.29, 0.717) is 6.42 Å². The van der Waals surface area contributed by atoms with E-state index in [1.807, 2.05) is 91.2 Å². The molecular weight excluding hydrogens is 392 g/mol. The van der Waals surface area contributed by atoms with Gasteiger partial charge in [-0.3, -0.25) is 9.59 Å². The van der Waals surface area contributed by atoms with Gasteiger partial charge < -0.3 is 10.2 Å². The predicted molar refractivity (Wildman–Crippen MR) is 124 cm³/mol. The first-order chi connectivity index (χ1) is 14.6. The normalized spacial score (nSPS) is 10.6. The van der Waals surface area contributed by atoms with Crippen LogP contribution in [0, 0.1) is 0 Å². The fourth-order valence-corrected chi connectivity index (χ4v) is 3.92. The SMILES string of the molecule is CSc1ccccc1NC(=O)CN(C)C(=O)CC(c1ccccc1)c1ccccc1. The summed E-state index contributed by atoms with van der Waals surface area (Å²) in [4.78, 5) is 27.9. The van der Waals surface area contributed by atoms with Crippen LogP contribution >= 0.6 is 11.8 Å². The number of nitrogens with one attached hydrogen (secondary N) is 1. The molecule has 3 aromatic rings. The first kappa shape index (κ1) is 21.7. The summed E-state index contributed by atoms with van der Waals surface area (Å²) >= 11 is 1.57. The third-order valence-electron chi connectivity index (χ3n) is 4.97. The Morgan fingerprint density at radius 1 is 0.867 bits per heavy atom. The third-order valence-corrected chi connectivity index (χ3v) is 5.77. The number of benzene rings is 3. The molecule has 4 nitrogen and oxygen atoms in total. The van der Waals surface area contributed by atoms with Gasteiger partial charge in [0.25, 0.3) is 0 Å². The highest BCUT2D eigenvalue weighted by molar-refractivity contribution is 7.98. The van der Waals surface area contributed by atoms with E-state index in [1.165, 1.54) is 4.90 Å². The maximum atomic E-state index is 13.0. The predicted octanol–water partition coefficient (Wildman–Crippen LogP) is 5.03. The second kappa shape index (κ2) is 10.6. The minimum atomic E-state index is -0.205. The molecule has 0 fully saturated rings. The fourth-order valence-electron chi connectivity index (χ4n) is 3.37. The van der Waals surface area contributed by atoms with E-state index in [2.05, 4.69) is 5.32 Å². The van der Waals surface area contributed by atoms with Gasteiger partial charge in [-0.2, -0.15) is 0 Å².